The number of hydrogen-bond acceptors (Lipinski definition) is 5. The van der Waals surface area contributed by atoms with Gasteiger partial charge in [-0.1, -0.05) is 6.07 Å². The summed E-state index contributed by atoms with van der Waals surface area (Å²) in [4.78, 5) is 43.3. The molecule has 2 aliphatic heterocycles. The molecule has 0 spiro atoms. The summed E-state index contributed by atoms with van der Waals surface area (Å²) in [6.07, 6.45) is 1.76. The average molecular weight is 333 g/mol. The van der Waals surface area contributed by atoms with Crippen molar-refractivity contribution in [1.29, 1.82) is 0 Å². The minimum absolute atomic E-state index is 0.0145. The maximum absolute atomic E-state index is 12.7. The third-order valence-electron chi connectivity index (χ3n) is 4.34. The molecule has 8 heteroatoms. The van der Waals surface area contributed by atoms with Crippen molar-refractivity contribution in [2.75, 3.05) is 26.3 Å². The van der Waals surface area contributed by atoms with Crippen LogP contribution in [0.15, 0.2) is 24.4 Å². The fourth-order valence-electron chi connectivity index (χ4n) is 3.08. The molecule has 2 fully saturated rings. The number of ether oxygens (including phenoxy) is 1. The van der Waals surface area contributed by atoms with Crippen molar-refractivity contribution in [2.24, 2.45) is 5.92 Å². The van der Waals surface area contributed by atoms with E-state index >= 15 is 0 Å². The predicted molar refractivity (Wildman–Crippen MR) is 81.7 cm³/mol. The molecule has 0 bridgehead atoms. The molecule has 8 nitrogen and oxygen atoms in total. The summed E-state index contributed by atoms with van der Waals surface area (Å²) < 4.78 is 5.15. The Hall–Kier alpha value is -2.48. The van der Waals surface area contributed by atoms with Crippen molar-refractivity contribution in [3.8, 4) is 0 Å². The third kappa shape index (κ3) is 3.38. The van der Waals surface area contributed by atoms with Gasteiger partial charge in [0.05, 0.1) is 31.4 Å². The summed E-state index contributed by atoms with van der Waals surface area (Å²) in [5.74, 6) is -2.00. The van der Waals surface area contributed by atoms with Crippen LogP contribution in [0.5, 0.6) is 0 Å². The van der Waals surface area contributed by atoms with Crippen molar-refractivity contribution in [2.45, 2.75) is 19.0 Å². The number of amides is 2. The molecule has 0 aliphatic carbocycles. The quantitative estimate of drug-likeness (QED) is 0.815. The maximum atomic E-state index is 12.7. The highest BCUT2D eigenvalue weighted by atomic mass is 16.5. The fraction of sp³-hybridized carbons (Fsp3) is 0.500. The lowest BCUT2D eigenvalue weighted by atomic mass is 10.1. The standard InChI is InChI=1S/C16H19N3O5/c20-14-7-11(8-18(14)9-12-3-1-2-4-17-12)15(21)19-5-6-24-10-13(19)16(22)23/h1-4,11,13H,5-10H2,(H,22,23)/t11-,13+/m1/s1. The summed E-state index contributed by atoms with van der Waals surface area (Å²) in [7, 11) is 0. The minimum atomic E-state index is -1.09. The van der Waals surface area contributed by atoms with E-state index in [1.54, 1.807) is 17.2 Å². The molecule has 3 rings (SSSR count). The number of nitrogens with zero attached hydrogens (tertiary/aromatic N) is 3. The molecule has 2 amide bonds. The second kappa shape index (κ2) is 6.96. The smallest absolute Gasteiger partial charge is 0.328 e. The van der Waals surface area contributed by atoms with Crippen LogP contribution < -0.4 is 0 Å². The van der Waals surface area contributed by atoms with Crippen LogP contribution in [-0.4, -0.2) is 70.0 Å². The first-order chi connectivity index (χ1) is 11.6. The van der Waals surface area contributed by atoms with Crippen molar-refractivity contribution in [3.05, 3.63) is 30.1 Å². The largest absolute Gasteiger partial charge is 0.480 e. The number of carboxylic acids is 1. The number of carboxylic acid groups (broad SMARTS) is 1. The van der Waals surface area contributed by atoms with E-state index in [1.165, 1.54) is 4.90 Å². The number of rotatable bonds is 4. The van der Waals surface area contributed by atoms with Crippen LogP contribution in [0.25, 0.3) is 0 Å². The summed E-state index contributed by atoms with van der Waals surface area (Å²) in [5, 5.41) is 9.24. The van der Waals surface area contributed by atoms with Crippen LogP contribution in [0.4, 0.5) is 0 Å². The van der Waals surface area contributed by atoms with Gasteiger partial charge in [-0.2, -0.15) is 0 Å². The second-order valence-corrected chi connectivity index (χ2v) is 5.96. The number of aromatic nitrogens is 1. The second-order valence-electron chi connectivity index (χ2n) is 5.96. The van der Waals surface area contributed by atoms with E-state index in [4.69, 9.17) is 4.74 Å². The molecule has 2 aliphatic rings. The first-order valence-corrected chi connectivity index (χ1v) is 7.85. The van der Waals surface area contributed by atoms with Gasteiger partial charge in [-0.05, 0) is 12.1 Å². The number of carbonyl (C=O) groups is 3. The molecule has 3 heterocycles. The molecular formula is C16H19N3O5. The summed E-state index contributed by atoms with van der Waals surface area (Å²) in [6, 6.07) is 4.49. The predicted octanol–water partition coefficient (Wildman–Crippen LogP) is -0.258. The number of carbonyl (C=O) groups excluding carboxylic acids is 2. The van der Waals surface area contributed by atoms with Crippen molar-refractivity contribution < 1.29 is 24.2 Å². The zero-order valence-electron chi connectivity index (χ0n) is 13.1. The summed E-state index contributed by atoms with van der Waals surface area (Å²) in [5.41, 5.74) is 0.758. The number of hydrogen-bond donors (Lipinski definition) is 1. The monoisotopic (exact) mass is 333 g/mol. The van der Waals surface area contributed by atoms with E-state index in [0.717, 1.165) is 5.69 Å². The van der Waals surface area contributed by atoms with E-state index in [2.05, 4.69) is 4.98 Å². The molecular weight excluding hydrogens is 314 g/mol. The maximum Gasteiger partial charge on any atom is 0.328 e. The van der Waals surface area contributed by atoms with Crippen LogP contribution in [0.1, 0.15) is 12.1 Å². The lowest BCUT2D eigenvalue weighted by molar-refractivity contribution is -0.160. The molecule has 0 saturated carbocycles. The first-order valence-electron chi connectivity index (χ1n) is 7.85. The van der Waals surface area contributed by atoms with E-state index in [1.807, 2.05) is 12.1 Å². The first kappa shape index (κ1) is 16.4. The Morgan fingerprint density at radius 1 is 1.38 bits per heavy atom. The fourth-order valence-corrected chi connectivity index (χ4v) is 3.08. The van der Waals surface area contributed by atoms with Crippen LogP contribution in [-0.2, 0) is 25.7 Å². The van der Waals surface area contributed by atoms with Gasteiger partial charge in [-0.3, -0.25) is 14.6 Å². The van der Waals surface area contributed by atoms with Crippen LogP contribution in [0.3, 0.4) is 0 Å². The van der Waals surface area contributed by atoms with Gasteiger partial charge < -0.3 is 19.6 Å². The Morgan fingerprint density at radius 3 is 2.92 bits per heavy atom. The Bertz CT molecular complexity index is 636. The Balaban J connectivity index is 1.66. The van der Waals surface area contributed by atoms with Gasteiger partial charge in [-0.15, -0.1) is 0 Å². The SMILES string of the molecule is O=C(O)[C@@H]1COCCN1C(=O)[C@@H]1CC(=O)N(Cc2ccccn2)C1. The van der Waals surface area contributed by atoms with Crippen molar-refractivity contribution in [1.82, 2.24) is 14.8 Å². The molecule has 128 valence electrons. The topological polar surface area (TPSA) is 100 Å². The van der Waals surface area contributed by atoms with Gasteiger partial charge in [-0.25, -0.2) is 4.79 Å². The third-order valence-corrected chi connectivity index (χ3v) is 4.34. The summed E-state index contributed by atoms with van der Waals surface area (Å²) >= 11 is 0. The summed E-state index contributed by atoms with van der Waals surface area (Å²) in [6.45, 7) is 1.18. The Labute approximate surface area is 139 Å². The Morgan fingerprint density at radius 2 is 2.21 bits per heavy atom. The highest BCUT2D eigenvalue weighted by Crippen LogP contribution is 2.23. The highest BCUT2D eigenvalue weighted by Gasteiger charge is 2.41. The normalized spacial score (nSPS) is 24.2. The number of pyridine rings is 1. The number of aliphatic carboxylic acids is 1. The van der Waals surface area contributed by atoms with Gasteiger partial charge in [0.1, 0.15) is 0 Å². The van der Waals surface area contributed by atoms with Crippen molar-refractivity contribution in [3.63, 3.8) is 0 Å². The van der Waals surface area contributed by atoms with Gasteiger partial charge in [0.2, 0.25) is 11.8 Å². The Kier molecular flexibility index (Phi) is 4.75. The molecule has 1 aromatic heterocycles. The molecule has 1 N–H and O–H groups in total. The number of morpholine rings is 1. The van der Waals surface area contributed by atoms with Gasteiger partial charge in [0.25, 0.3) is 0 Å². The van der Waals surface area contributed by atoms with Gasteiger partial charge in [0, 0.05) is 25.7 Å². The van der Waals surface area contributed by atoms with E-state index in [0.29, 0.717) is 13.2 Å². The number of likely N-dealkylation sites (tertiary alicyclic amines) is 1. The van der Waals surface area contributed by atoms with E-state index in [9.17, 15) is 19.5 Å². The van der Waals surface area contributed by atoms with Crippen LogP contribution >= 0.6 is 0 Å². The minimum Gasteiger partial charge on any atom is -0.480 e. The van der Waals surface area contributed by atoms with Crippen molar-refractivity contribution >= 4 is 17.8 Å². The molecule has 2 saturated heterocycles. The van der Waals surface area contributed by atoms with E-state index < -0.39 is 17.9 Å². The van der Waals surface area contributed by atoms with Crippen LogP contribution in [0, 0.1) is 5.92 Å². The molecule has 2 atom stereocenters. The highest BCUT2D eigenvalue weighted by molar-refractivity contribution is 5.91. The average Bonchev–Trinajstić information content (AvgIpc) is 2.96. The van der Waals surface area contributed by atoms with Gasteiger partial charge in [0.15, 0.2) is 6.04 Å². The zero-order chi connectivity index (χ0) is 17.1. The molecule has 24 heavy (non-hydrogen) atoms. The zero-order valence-corrected chi connectivity index (χ0v) is 13.1. The van der Waals surface area contributed by atoms with E-state index in [-0.39, 0.29) is 37.9 Å². The lowest BCUT2D eigenvalue weighted by Gasteiger charge is -2.34. The lowest BCUT2D eigenvalue weighted by Crippen LogP contribution is -2.54. The molecule has 0 aromatic carbocycles. The molecule has 1 aromatic rings. The molecule has 0 unspecified atom stereocenters. The van der Waals surface area contributed by atoms with Gasteiger partial charge >= 0.3 is 5.97 Å². The molecule has 0 radical (unpaired) electrons. The van der Waals surface area contributed by atoms with Crippen LogP contribution in [0.2, 0.25) is 0 Å².